The van der Waals surface area contributed by atoms with Gasteiger partial charge in [0.1, 0.15) is 5.76 Å². The van der Waals surface area contributed by atoms with Crippen LogP contribution in [0, 0.1) is 5.92 Å². The summed E-state index contributed by atoms with van der Waals surface area (Å²) < 4.78 is 5.24. The second-order valence-electron chi connectivity index (χ2n) is 3.43. The van der Waals surface area contributed by atoms with Gasteiger partial charge in [-0.1, -0.05) is 6.08 Å². The van der Waals surface area contributed by atoms with E-state index in [4.69, 9.17) is 4.42 Å². The SMILES string of the molecule is O=c1ccoc2c1C1CC1C=C2. The van der Waals surface area contributed by atoms with Crippen molar-refractivity contribution in [2.24, 2.45) is 5.92 Å². The molecule has 1 heterocycles. The van der Waals surface area contributed by atoms with Crippen LogP contribution in [-0.4, -0.2) is 0 Å². The van der Waals surface area contributed by atoms with E-state index < -0.39 is 0 Å². The average Bonchev–Trinajstić information content (AvgIpc) is 2.82. The molecule has 0 amide bonds. The number of hydrogen-bond donors (Lipinski definition) is 0. The molecule has 1 aromatic rings. The first-order chi connectivity index (χ1) is 5.86. The smallest absolute Gasteiger partial charge is 0.188 e. The lowest BCUT2D eigenvalue weighted by atomic mass is 10.0. The predicted molar refractivity (Wildman–Crippen MR) is 44.9 cm³/mol. The van der Waals surface area contributed by atoms with E-state index in [0.29, 0.717) is 11.8 Å². The highest BCUT2D eigenvalue weighted by Crippen LogP contribution is 2.51. The Morgan fingerprint density at radius 3 is 3.33 bits per heavy atom. The van der Waals surface area contributed by atoms with Gasteiger partial charge in [0.25, 0.3) is 0 Å². The zero-order valence-electron chi connectivity index (χ0n) is 6.49. The lowest BCUT2D eigenvalue weighted by Crippen LogP contribution is -2.09. The highest BCUT2D eigenvalue weighted by atomic mass is 16.3. The molecule has 2 atom stereocenters. The van der Waals surface area contributed by atoms with Crippen LogP contribution in [0.2, 0.25) is 0 Å². The highest BCUT2D eigenvalue weighted by molar-refractivity contribution is 5.55. The van der Waals surface area contributed by atoms with Crippen molar-refractivity contribution in [3.8, 4) is 0 Å². The van der Waals surface area contributed by atoms with Crippen molar-refractivity contribution in [2.75, 3.05) is 0 Å². The third kappa shape index (κ3) is 0.670. The molecule has 1 aromatic heterocycles. The van der Waals surface area contributed by atoms with E-state index in [1.807, 2.05) is 6.08 Å². The molecule has 2 aliphatic rings. The third-order valence-corrected chi connectivity index (χ3v) is 2.65. The van der Waals surface area contributed by atoms with Gasteiger partial charge in [-0.05, 0) is 24.3 Å². The van der Waals surface area contributed by atoms with Gasteiger partial charge in [-0.2, -0.15) is 0 Å². The lowest BCUT2D eigenvalue weighted by Gasteiger charge is -2.05. The van der Waals surface area contributed by atoms with Crippen LogP contribution in [0.5, 0.6) is 0 Å². The van der Waals surface area contributed by atoms with E-state index in [-0.39, 0.29) is 5.43 Å². The fourth-order valence-corrected chi connectivity index (χ4v) is 1.91. The molecule has 0 aliphatic heterocycles. The summed E-state index contributed by atoms with van der Waals surface area (Å²) in [6, 6.07) is 1.51. The van der Waals surface area contributed by atoms with Gasteiger partial charge in [-0.15, -0.1) is 0 Å². The maximum Gasteiger partial charge on any atom is 0.188 e. The van der Waals surface area contributed by atoms with Crippen molar-refractivity contribution in [3.63, 3.8) is 0 Å². The highest BCUT2D eigenvalue weighted by Gasteiger charge is 2.41. The first kappa shape index (κ1) is 6.23. The van der Waals surface area contributed by atoms with Crippen LogP contribution < -0.4 is 5.43 Å². The minimum atomic E-state index is 0.133. The molecule has 0 saturated heterocycles. The number of rotatable bonds is 0. The minimum Gasteiger partial charge on any atom is -0.464 e. The van der Waals surface area contributed by atoms with Crippen molar-refractivity contribution < 1.29 is 4.42 Å². The Morgan fingerprint density at radius 2 is 2.42 bits per heavy atom. The first-order valence-electron chi connectivity index (χ1n) is 4.16. The van der Waals surface area contributed by atoms with E-state index in [0.717, 1.165) is 17.7 Å². The summed E-state index contributed by atoms with van der Waals surface area (Å²) in [5, 5.41) is 0. The van der Waals surface area contributed by atoms with E-state index in [1.165, 1.54) is 12.3 Å². The molecule has 2 nitrogen and oxygen atoms in total. The Labute approximate surface area is 69.5 Å². The fourth-order valence-electron chi connectivity index (χ4n) is 1.91. The van der Waals surface area contributed by atoms with Gasteiger partial charge in [-0.25, -0.2) is 0 Å². The van der Waals surface area contributed by atoms with Crippen LogP contribution in [-0.2, 0) is 0 Å². The zero-order chi connectivity index (χ0) is 8.13. The molecule has 1 saturated carbocycles. The summed E-state index contributed by atoms with van der Waals surface area (Å²) in [5.41, 5.74) is 1.03. The van der Waals surface area contributed by atoms with Crippen LogP contribution in [0.15, 0.2) is 27.6 Å². The van der Waals surface area contributed by atoms with Gasteiger partial charge >= 0.3 is 0 Å². The molecule has 0 N–H and O–H groups in total. The topological polar surface area (TPSA) is 30.2 Å². The van der Waals surface area contributed by atoms with E-state index >= 15 is 0 Å². The van der Waals surface area contributed by atoms with Crippen LogP contribution >= 0.6 is 0 Å². The van der Waals surface area contributed by atoms with Crippen molar-refractivity contribution in [1.82, 2.24) is 0 Å². The summed E-state index contributed by atoms with van der Waals surface area (Å²) in [7, 11) is 0. The minimum absolute atomic E-state index is 0.133. The Morgan fingerprint density at radius 1 is 1.50 bits per heavy atom. The van der Waals surface area contributed by atoms with Crippen molar-refractivity contribution in [1.29, 1.82) is 0 Å². The summed E-state index contributed by atoms with van der Waals surface area (Å²) in [6.07, 6.45) is 6.65. The molecule has 0 radical (unpaired) electrons. The quantitative estimate of drug-likeness (QED) is 0.579. The Bertz CT molecular complexity index is 414. The second-order valence-corrected chi connectivity index (χ2v) is 3.43. The Hall–Kier alpha value is -1.31. The maximum atomic E-state index is 11.4. The number of hydrogen-bond acceptors (Lipinski definition) is 2. The summed E-state index contributed by atoms with van der Waals surface area (Å²) in [4.78, 5) is 11.4. The second kappa shape index (κ2) is 1.89. The van der Waals surface area contributed by atoms with Gasteiger partial charge in [0.15, 0.2) is 5.43 Å². The predicted octanol–water partition coefficient (Wildman–Crippen LogP) is 1.77. The van der Waals surface area contributed by atoms with Crippen molar-refractivity contribution >= 4 is 6.08 Å². The molecule has 1 fully saturated rings. The molecule has 2 heteroatoms. The summed E-state index contributed by atoms with van der Waals surface area (Å²) >= 11 is 0. The molecule has 2 aliphatic carbocycles. The van der Waals surface area contributed by atoms with Crippen molar-refractivity contribution in [2.45, 2.75) is 12.3 Å². The standard InChI is InChI=1S/C10H8O2/c11-8-3-4-12-9-2-1-6-5-7(6)10(8)9/h1-4,6-7H,5H2. The molecule has 2 unspecified atom stereocenters. The zero-order valence-corrected chi connectivity index (χ0v) is 6.49. The lowest BCUT2D eigenvalue weighted by molar-refractivity contribution is 0.526. The summed E-state index contributed by atoms with van der Waals surface area (Å²) in [6.45, 7) is 0. The first-order valence-corrected chi connectivity index (χ1v) is 4.16. The monoisotopic (exact) mass is 160 g/mol. The van der Waals surface area contributed by atoms with Gasteiger partial charge < -0.3 is 4.42 Å². The van der Waals surface area contributed by atoms with Gasteiger partial charge in [0, 0.05) is 11.6 Å². The Kier molecular flexibility index (Phi) is 0.980. The van der Waals surface area contributed by atoms with E-state index in [2.05, 4.69) is 6.08 Å². The van der Waals surface area contributed by atoms with E-state index in [9.17, 15) is 4.79 Å². The van der Waals surface area contributed by atoms with E-state index in [1.54, 1.807) is 0 Å². The van der Waals surface area contributed by atoms with Crippen LogP contribution in [0.1, 0.15) is 23.7 Å². The summed E-state index contributed by atoms with van der Waals surface area (Å²) in [5.74, 6) is 1.84. The molecule has 12 heavy (non-hydrogen) atoms. The van der Waals surface area contributed by atoms with Crippen molar-refractivity contribution in [3.05, 3.63) is 40.0 Å². The molecule has 0 bridgehead atoms. The molecule has 0 aromatic carbocycles. The van der Waals surface area contributed by atoms with Crippen LogP contribution in [0.25, 0.3) is 6.08 Å². The number of allylic oxidation sites excluding steroid dienone is 1. The largest absolute Gasteiger partial charge is 0.464 e. The fraction of sp³-hybridized carbons (Fsp3) is 0.300. The third-order valence-electron chi connectivity index (χ3n) is 2.65. The van der Waals surface area contributed by atoms with Crippen LogP contribution in [0.4, 0.5) is 0 Å². The van der Waals surface area contributed by atoms with Gasteiger partial charge in [0.2, 0.25) is 0 Å². The van der Waals surface area contributed by atoms with Gasteiger partial charge in [0.05, 0.1) is 6.26 Å². The normalized spacial score (nSPS) is 29.3. The maximum absolute atomic E-state index is 11.4. The molecular weight excluding hydrogens is 152 g/mol. The molecular formula is C10H8O2. The number of fused-ring (bicyclic) bond motifs is 3. The molecule has 0 spiro atoms. The molecule has 60 valence electrons. The van der Waals surface area contributed by atoms with Gasteiger partial charge in [-0.3, -0.25) is 4.79 Å². The Balaban J connectivity index is 2.34. The molecule has 3 rings (SSSR count). The average molecular weight is 160 g/mol. The van der Waals surface area contributed by atoms with Crippen LogP contribution in [0.3, 0.4) is 0 Å².